The van der Waals surface area contributed by atoms with Crippen LogP contribution in [0.5, 0.6) is 0 Å². The molecule has 0 saturated heterocycles. The fraction of sp³-hybridized carbons (Fsp3) is 0.846. The number of ether oxygens (including phenoxy) is 4. The maximum absolute atomic E-state index is 12.0. The molecule has 0 aromatic carbocycles. The molecule has 304 valence electrons. The molecule has 52 heavy (non-hydrogen) atoms. The second-order valence-corrected chi connectivity index (χ2v) is 13.1. The van der Waals surface area contributed by atoms with Crippen LogP contribution in [0.2, 0.25) is 0 Å². The van der Waals surface area contributed by atoms with Crippen molar-refractivity contribution in [1.29, 1.82) is 0 Å². The summed E-state index contributed by atoms with van der Waals surface area (Å²) in [5, 5.41) is 20.4. The zero-order valence-corrected chi connectivity index (χ0v) is 32.3. The minimum Gasteiger partial charge on any atom is -0.481 e. The van der Waals surface area contributed by atoms with E-state index in [1.165, 1.54) is 58.3 Å². The number of Topliss-reactive ketones (excluding diaryl/α,β-unsaturated/α-hetero) is 2. The molecule has 0 aliphatic heterocycles. The van der Waals surface area contributed by atoms with Crippen LogP contribution in [0.1, 0.15) is 149 Å². The molecule has 0 spiro atoms. The summed E-state index contributed by atoms with van der Waals surface area (Å²) in [5.41, 5.74) is 0. The predicted molar refractivity (Wildman–Crippen MR) is 199 cm³/mol. The summed E-state index contributed by atoms with van der Waals surface area (Å²) in [6, 6.07) is 0. The van der Waals surface area contributed by atoms with Gasteiger partial charge in [0, 0.05) is 38.8 Å². The molecule has 0 aromatic rings. The number of carbonyl (C=O) groups is 6. The van der Waals surface area contributed by atoms with Crippen LogP contribution >= 0.6 is 0 Å². The van der Waals surface area contributed by atoms with Crippen LogP contribution in [0.15, 0.2) is 0 Å². The van der Waals surface area contributed by atoms with Crippen molar-refractivity contribution >= 4 is 35.7 Å². The minimum absolute atomic E-state index is 0.00200. The van der Waals surface area contributed by atoms with Gasteiger partial charge in [-0.25, -0.2) is 0 Å². The van der Waals surface area contributed by atoms with E-state index in [4.69, 9.17) is 24.1 Å². The summed E-state index contributed by atoms with van der Waals surface area (Å²) in [7, 11) is 0. The van der Waals surface area contributed by atoms with Gasteiger partial charge >= 0.3 is 11.9 Å². The number of rotatable bonds is 39. The van der Waals surface area contributed by atoms with E-state index in [-0.39, 0.29) is 49.9 Å². The van der Waals surface area contributed by atoms with Crippen LogP contribution in [-0.2, 0) is 47.7 Å². The van der Waals surface area contributed by atoms with Crippen molar-refractivity contribution in [2.75, 3.05) is 59.4 Å². The maximum atomic E-state index is 12.0. The number of carboxylic acid groups (broad SMARTS) is 2. The molecule has 1 atom stereocenters. The topological polar surface area (TPSA) is 192 Å². The predicted octanol–water partition coefficient (Wildman–Crippen LogP) is 6.51. The van der Waals surface area contributed by atoms with E-state index < -0.39 is 17.9 Å². The highest BCUT2D eigenvalue weighted by molar-refractivity contribution is 5.84. The Labute approximate surface area is 312 Å². The third-order valence-corrected chi connectivity index (χ3v) is 8.14. The first-order chi connectivity index (χ1) is 25.1. The number of ketones is 2. The number of nitrogens with one attached hydrogen (secondary N) is 1. The lowest BCUT2D eigenvalue weighted by atomic mass is 9.94. The fourth-order valence-corrected chi connectivity index (χ4v) is 5.08. The van der Waals surface area contributed by atoms with Crippen LogP contribution in [0.4, 0.5) is 0 Å². The second kappa shape index (κ2) is 41.0. The first-order valence-corrected chi connectivity index (χ1v) is 19.6. The Morgan fingerprint density at radius 1 is 0.615 bits per heavy atom. The largest absolute Gasteiger partial charge is 0.481 e. The number of carboxylic acids is 2. The van der Waals surface area contributed by atoms with Gasteiger partial charge in [0.1, 0.15) is 31.1 Å². The van der Waals surface area contributed by atoms with Gasteiger partial charge in [0.2, 0.25) is 5.91 Å². The molecule has 0 unspecified atom stereocenters. The van der Waals surface area contributed by atoms with Crippen molar-refractivity contribution in [2.45, 2.75) is 149 Å². The van der Waals surface area contributed by atoms with E-state index in [0.717, 1.165) is 58.0 Å². The van der Waals surface area contributed by atoms with Gasteiger partial charge in [0.25, 0.3) is 0 Å². The molecular weight excluding hydrogens is 674 g/mol. The fourth-order valence-electron chi connectivity index (χ4n) is 5.08. The lowest BCUT2D eigenvalue weighted by Gasteiger charge is -2.10. The Kier molecular flexibility index (Phi) is 40.5. The van der Waals surface area contributed by atoms with Gasteiger partial charge in [0.15, 0.2) is 0 Å². The van der Waals surface area contributed by atoms with Gasteiger partial charge < -0.3 is 44.1 Å². The van der Waals surface area contributed by atoms with Crippen molar-refractivity contribution in [3.8, 4) is 0 Å². The van der Waals surface area contributed by atoms with Crippen LogP contribution in [0.3, 0.4) is 0 Å². The molecule has 13 heteroatoms. The van der Waals surface area contributed by atoms with E-state index in [1.807, 2.05) is 0 Å². The number of aldehydes is 1. The molecule has 0 heterocycles. The average molecular weight is 746 g/mol. The zero-order valence-electron chi connectivity index (χ0n) is 32.3. The SMILES string of the molecule is CC(=O)CC[C@H](CC(=O)CCCCCCCCCCCCCCCCC(=O)O)C(=O)O.CCCCOCCOCC(=O)NCCOCCOCC=O. The molecular formula is C39H71NO12. The summed E-state index contributed by atoms with van der Waals surface area (Å²) in [6.07, 6.45) is 20.0. The summed E-state index contributed by atoms with van der Waals surface area (Å²) >= 11 is 0. The van der Waals surface area contributed by atoms with Crippen molar-refractivity contribution in [3.63, 3.8) is 0 Å². The average Bonchev–Trinajstić information content (AvgIpc) is 3.10. The highest BCUT2D eigenvalue weighted by atomic mass is 16.5. The van der Waals surface area contributed by atoms with Gasteiger partial charge in [-0.2, -0.15) is 0 Å². The Morgan fingerprint density at radius 3 is 1.62 bits per heavy atom. The van der Waals surface area contributed by atoms with E-state index in [2.05, 4.69) is 12.2 Å². The van der Waals surface area contributed by atoms with Gasteiger partial charge in [-0.15, -0.1) is 0 Å². The maximum Gasteiger partial charge on any atom is 0.306 e. The third-order valence-electron chi connectivity index (χ3n) is 8.14. The smallest absolute Gasteiger partial charge is 0.306 e. The van der Waals surface area contributed by atoms with Gasteiger partial charge in [-0.3, -0.25) is 19.2 Å². The highest BCUT2D eigenvalue weighted by Gasteiger charge is 2.21. The van der Waals surface area contributed by atoms with Gasteiger partial charge in [-0.05, 0) is 32.6 Å². The van der Waals surface area contributed by atoms with E-state index in [9.17, 15) is 33.9 Å². The Hall–Kier alpha value is -2.74. The van der Waals surface area contributed by atoms with Crippen molar-refractivity contribution in [1.82, 2.24) is 5.32 Å². The summed E-state index contributed by atoms with van der Waals surface area (Å²) in [4.78, 5) is 65.9. The van der Waals surface area contributed by atoms with Crippen LogP contribution in [-0.4, -0.2) is 105 Å². The first kappa shape index (κ1) is 51.4. The quantitative estimate of drug-likeness (QED) is 0.0457. The molecule has 0 rings (SSSR count). The number of carbonyl (C=O) groups excluding carboxylic acids is 4. The molecule has 0 aromatic heterocycles. The van der Waals surface area contributed by atoms with Crippen molar-refractivity contribution in [3.05, 3.63) is 0 Å². The molecule has 1 amide bonds. The number of amides is 1. The van der Waals surface area contributed by atoms with Crippen LogP contribution < -0.4 is 5.32 Å². The van der Waals surface area contributed by atoms with Crippen molar-refractivity contribution < 1.29 is 57.9 Å². The number of aliphatic carboxylic acids is 2. The zero-order chi connectivity index (χ0) is 38.9. The Bertz CT molecular complexity index is 899. The third kappa shape index (κ3) is 43.4. The number of unbranched alkanes of at least 4 members (excludes halogenated alkanes) is 14. The standard InChI is InChI=1S/C25H44O6.C14H27NO6/c1-21(26)18-19-22(25(30)31)20-23(27)16-14-12-10-8-6-4-2-3-5-7-9-11-13-15-17-24(28)29;1-2-3-6-18-11-12-21-13-14(17)15-4-7-19-9-10-20-8-5-16/h22H,2-20H2,1H3,(H,28,29)(H,30,31);5H,2-4,6-13H2,1H3,(H,15,17)/t22-;/m1./s1. The molecule has 3 N–H and O–H groups in total. The Morgan fingerprint density at radius 2 is 1.12 bits per heavy atom. The lowest BCUT2D eigenvalue weighted by Crippen LogP contribution is -2.31. The lowest BCUT2D eigenvalue weighted by molar-refractivity contribution is -0.144. The van der Waals surface area contributed by atoms with E-state index in [1.54, 1.807) is 0 Å². The molecule has 0 fully saturated rings. The number of hydrogen-bond donors (Lipinski definition) is 3. The molecule has 0 saturated carbocycles. The molecule has 13 nitrogen and oxygen atoms in total. The Balaban J connectivity index is 0. The first-order valence-electron chi connectivity index (χ1n) is 19.6. The monoisotopic (exact) mass is 745 g/mol. The van der Waals surface area contributed by atoms with Gasteiger partial charge in [-0.1, -0.05) is 90.4 Å². The van der Waals surface area contributed by atoms with E-state index >= 15 is 0 Å². The van der Waals surface area contributed by atoms with Crippen LogP contribution in [0.25, 0.3) is 0 Å². The van der Waals surface area contributed by atoms with Gasteiger partial charge in [0.05, 0.1) is 39.0 Å². The molecule has 0 aliphatic carbocycles. The second-order valence-electron chi connectivity index (χ2n) is 13.1. The minimum atomic E-state index is -0.981. The van der Waals surface area contributed by atoms with E-state index in [0.29, 0.717) is 58.7 Å². The summed E-state index contributed by atoms with van der Waals surface area (Å²) in [6.45, 7) is 6.91. The molecule has 0 radical (unpaired) electrons. The van der Waals surface area contributed by atoms with Crippen LogP contribution in [0, 0.1) is 5.92 Å². The van der Waals surface area contributed by atoms with Crippen molar-refractivity contribution in [2.24, 2.45) is 5.92 Å². The number of hydrogen-bond acceptors (Lipinski definition) is 10. The summed E-state index contributed by atoms with van der Waals surface area (Å²) in [5.74, 6) is -2.62. The molecule has 0 aliphatic rings. The normalized spacial score (nSPS) is 11.3. The summed E-state index contributed by atoms with van der Waals surface area (Å²) < 4.78 is 20.6. The molecule has 0 bridgehead atoms. The highest BCUT2D eigenvalue weighted by Crippen LogP contribution is 2.17.